The van der Waals surface area contributed by atoms with Crippen molar-refractivity contribution in [2.24, 2.45) is 0 Å². The Kier molecular flexibility index (Phi) is 8.07. The van der Waals surface area contributed by atoms with Crippen LogP contribution in [-0.4, -0.2) is 36.4 Å². The minimum atomic E-state index is -0.688. The first kappa shape index (κ1) is 26.1. The molecular weight excluding hydrogens is 592 g/mol. The number of halogens is 2. The minimum Gasteiger partial charge on any atom is -0.493 e. The van der Waals surface area contributed by atoms with E-state index in [1.165, 1.54) is 25.3 Å². The summed E-state index contributed by atoms with van der Waals surface area (Å²) in [5, 5.41) is 5.20. The number of methoxy groups -OCH3 is 1. The Morgan fingerprint density at radius 3 is 2.65 bits per heavy atom. The fourth-order valence-electron chi connectivity index (χ4n) is 3.69. The molecule has 0 spiro atoms. The number of nitrogens with zero attached hydrogens (tertiary/aromatic N) is 1. The second-order valence-electron chi connectivity index (χ2n) is 8.25. The summed E-state index contributed by atoms with van der Waals surface area (Å²) in [6.07, 6.45) is 1.50. The predicted octanol–water partition coefficient (Wildman–Crippen LogP) is 4.86. The monoisotopic (exact) mass is 615 g/mol. The molecule has 190 valence electrons. The molecule has 0 radical (unpaired) electrons. The number of ether oxygens (including phenoxy) is 2. The SMILES string of the molecule is COc1cc(/C=C2/NC(=O)N(CC(=O)Nc3cccc(C)c3)C2=O)cc(I)c1OCc1cccc(F)c1. The molecule has 3 aromatic rings. The second-order valence-corrected chi connectivity index (χ2v) is 9.41. The maximum atomic E-state index is 13.5. The van der Waals surface area contributed by atoms with Crippen molar-refractivity contribution in [1.29, 1.82) is 0 Å². The Morgan fingerprint density at radius 1 is 1.14 bits per heavy atom. The minimum absolute atomic E-state index is 0.0274. The molecule has 37 heavy (non-hydrogen) atoms. The van der Waals surface area contributed by atoms with E-state index in [2.05, 4.69) is 33.2 Å². The fraction of sp³-hybridized carbons (Fsp3) is 0.148. The van der Waals surface area contributed by atoms with E-state index < -0.39 is 24.4 Å². The molecule has 0 saturated carbocycles. The van der Waals surface area contributed by atoms with Crippen LogP contribution in [0.25, 0.3) is 6.08 Å². The summed E-state index contributed by atoms with van der Waals surface area (Å²) in [4.78, 5) is 38.5. The molecule has 0 aliphatic carbocycles. The van der Waals surface area contributed by atoms with Crippen LogP contribution in [0, 0.1) is 16.3 Å². The van der Waals surface area contributed by atoms with Gasteiger partial charge >= 0.3 is 6.03 Å². The van der Waals surface area contributed by atoms with Gasteiger partial charge in [-0.2, -0.15) is 0 Å². The van der Waals surface area contributed by atoms with Gasteiger partial charge in [0.25, 0.3) is 5.91 Å². The molecule has 1 aliphatic rings. The van der Waals surface area contributed by atoms with Crippen molar-refractivity contribution in [3.63, 3.8) is 0 Å². The lowest BCUT2D eigenvalue weighted by molar-refractivity contribution is -0.127. The largest absolute Gasteiger partial charge is 0.493 e. The van der Waals surface area contributed by atoms with E-state index in [-0.39, 0.29) is 18.1 Å². The number of urea groups is 1. The smallest absolute Gasteiger partial charge is 0.329 e. The number of hydrogen-bond donors (Lipinski definition) is 2. The number of aryl methyl sites for hydroxylation is 1. The third-order valence-corrected chi connectivity index (χ3v) is 6.20. The summed E-state index contributed by atoms with van der Waals surface area (Å²) < 4.78 is 25.5. The summed E-state index contributed by atoms with van der Waals surface area (Å²) in [5.74, 6) is -0.599. The van der Waals surface area contributed by atoms with Crippen LogP contribution in [0.1, 0.15) is 16.7 Å². The van der Waals surface area contributed by atoms with Gasteiger partial charge in [0.2, 0.25) is 5.91 Å². The summed E-state index contributed by atoms with van der Waals surface area (Å²) in [5.41, 5.74) is 2.81. The molecule has 2 N–H and O–H groups in total. The Bertz CT molecular complexity index is 1410. The molecule has 1 saturated heterocycles. The van der Waals surface area contributed by atoms with Crippen LogP contribution < -0.4 is 20.1 Å². The standard InChI is InChI=1S/C27H23FIN3O5/c1-16-5-3-8-20(9-16)30-24(33)14-32-26(34)22(31-27(32)35)12-18-11-21(29)25(23(13-18)36-2)37-15-17-6-4-7-19(28)10-17/h3-13H,14-15H2,1-2H3,(H,30,33)(H,31,35)/b22-12+. The van der Waals surface area contributed by atoms with Gasteiger partial charge in [0.05, 0.1) is 10.7 Å². The first-order valence-electron chi connectivity index (χ1n) is 11.2. The number of nitrogens with one attached hydrogen (secondary N) is 2. The maximum Gasteiger partial charge on any atom is 0.329 e. The van der Waals surface area contributed by atoms with E-state index in [0.717, 1.165) is 10.5 Å². The Hall–Kier alpha value is -3.93. The summed E-state index contributed by atoms with van der Waals surface area (Å²) in [6.45, 7) is 1.60. The van der Waals surface area contributed by atoms with Gasteiger partial charge in [0.1, 0.15) is 24.7 Å². The molecule has 1 aliphatic heterocycles. The molecule has 0 atom stereocenters. The summed E-state index contributed by atoms with van der Waals surface area (Å²) in [6, 6.07) is 16.0. The number of amides is 4. The highest BCUT2D eigenvalue weighted by molar-refractivity contribution is 14.1. The Morgan fingerprint density at radius 2 is 1.92 bits per heavy atom. The van der Waals surface area contributed by atoms with Gasteiger partial charge in [0.15, 0.2) is 11.5 Å². The molecule has 4 rings (SSSR count). The van der Waals surface area contributed by atoms with Crippen LogP contribution in [0.4, 0.5) is 14.9 Å². The van der Waals surface area contributed by atoms with E-state index in [0.29, 0.717) is 31.9 Å². The van der Waals surface area contributed by atoms with Crippen molar-refractivity contribution in [1.82, 2.24) is 10.2 Å². The van der Waals surface area contributed by atoms with Crippen LogP contribution in [0.15, 0.2) is 66.4 Å². The molecule has 3 aromatic carbocycles. The van der Waals surface area contributed by atoms with Crippen molar-refractivity contribution in [2.75, 3.05) is 19.0 Å². The van der Waals surface area contributed by atoms with Gasteiger partial charge in [-0.1, -0.05) is 24.3 Å². The average molecular weight is 615 g/mol. The first-order chi connectivity index (χ1) is 17.7. The fourth-order valence-corrected chi connectivity index (χ4v) is 4.48. The van der Waals surface area contributed by atoms with Crippen molar-refractivity contribution >= 4 is 52.2 Å². The number of hydrogen-bond acceptors (Lipinski definition) is 5. The van der Waals surface area contributed by atoms with Crippen LogP contribution in [0.5, 0.6) is 11.5 Å². The van der Waals surface area contributed by atoms with E-state index in [1.807, 2.05) is 13.0 Å². The lowest BCUT2D eigenvalue weighted by Crippen LogP contribution is -2.38. The maximum absolute atomic E-state index is 13.5. The predicted molar refractivity (Wildman–Crippen MR) is 144 cm³/mol. The van der Waals surface area contributed by atoms with E-state index in [1.54, 1.807) is 42.5 Å². The number of anilines is 1. The van der Waals surface area contributed by atoms with Crippen molar-refractivity contribution in [3.8, 4) is 11.5 Å². The van der Waals surface area contributed by atoms with E-state index >= 15 is 0 Å². The molecule has 0 bridgehead atoms. The Balaban J connectivity index is 1.47. The quantitative estimate of drug-likeness (QED) is 0.215. The van der Waals surface area contributed by atoms with Crippen LogP contribution in [0.3, 0.4) is 0 Å². The van der Waals surface area contributed by atoms with E-state index in [4.69, 9.17) is 9.47 Å². The lowest BCUT2D eigenvalue weighted by atomic mass is 10.1. The highest BCUT2D eigenvalue weighted by atomic mass is 127. The molecule has 1 fully saturated rings. The number of carbonyl (C=O) groups is 3. The second kappa shape index (κ2) is 11.4. The highest BCUT2D eigenvalue weighted by Crippen LogP contribution is 2.35. The van der Waals surface area contributed by atoms with Crippen molar-refractivity contribution < 1.29 is 28.2 Å². The first-order valence-corrected chi connectivity index (χ1v) is 12.3. The summed E-state index contributed by atoms with van der Waals surface area (Å²) in [7, 11) is 1.48. The third kappa shape index (κ3) is 6.45. The van der Waals surface area contributed by atoms with Gasteiger partial charge in [0, 0.05) is 5.69 Å². The molecule has 0 aromatic heterocycles. The van der Waals surface area contributed by atoms with Gasteiger partial charge < -0.3 is 20.1 Å². The zero-order valence-electron chi connectivity index (χ0n) is 20.0. The third-order valence-electron chi connectivity index (χ3n) is 5.40. The Labute approximate surface area is 226 Å². The molecule has 0 unspecified atom stereocenters. The number of rotatable bonds is 8. The van der Waals surface area contributed by atoms with E-state index in [9.17, 15) is 18.8 Å². The van der Waals surface area contributed by atoms with Crippen LogP contribution in [0.2, 0.25) is 0 Å². The number of imide groups is 1. The van der Waals surface area contributed by atoms with Gasteiger partial charge in [-0.15, -0.1) is 0 Å². The molecule has 10 heteroatoms. The molecule has 4 amide bonds. The van der Waals surface area contributed by atoms with Gasteiger partial charge in [-0.05, 0) is 88.7 Å². The molecule has 1 heterocycles. The zero-order chi connectivity index (χ0) is 26.5. The van der Waals surface area contributed by atoms with Gasteiger partial charge in [-0.25, -0.2) is 14.1 Å². The van der Waals surface area contributed by atoms with Crippen molar-refractivity contribution in [2.45, 2.75) is 13.5 Å². The van der Waals surface area contributed by atoms with Crippen molar-refractivity contribution in [3.05, 3.63) is 92.4 Å². The zero-order valence-corrected chi connectivity index (χ0v) is 22.2. The average Bonchev–Trinajstić information content (AvgIpc) is 3.10. The topological polar surface area (TPSA) is 97.0 Å². The number of carbonyl (C=O) groups excluding carboxylic acids is 3. The molecule has 8 nitrogen and oxygen atoms in total. The normalized spacial score (nSPS) is 14.1. The van der Waals surface area contributed by atoms with Gasteiger partial charge in [-0.3, -0.25) is 9.59 Å². The molecular formula is C27H23FIN3O5. The lowest BCUT2D eigenvalue weighted by Gasteiger charge is -2.14. The number of benzene rings is 3. The van der Waals surface area contributed by atoms with Crippen LogP contribution >= 0.6 is 22.6 Å². The summed E-state index contributed by atoms with van der Waals surface area (Å²) >= 11 is 2.07. The highest BCUT2D eigenvalue weighted by Gasteiger charge is 2.35. The van der Waals surface area contributed by atoms with Crippen LogP contribution in [-0.2, 0) is 16.2 Å².